The van der Waals surface area contributed by atoms with Crippen molar-refractivity contribution in [3.8, 4) is 16.9 Å². The van der Waals surface area contributed by atoms with Crippen LogP contribution in [-0.4, -0.2) is 45.1 Å². The highest BCUT2D eigenvalue weighted by molar-refractivity contribution is 5.68. The molecule has 0 spiro atoms. The Bertz CT molecular complexity index is 839. The summed E-state index contributed by atoms with van der Waals surface area (Å²) in [6.07, 6.45) is 6.51. The number of rotatable bonds is 11. The molecular formula is C26H34O5. The zero-order valence-electron chi connectivity index (χ0n) is 18.6. The second kappa shape index (κ2) is 11.9. The number of methoxy groups -OCH3 is 2. The molecule has 0 radical (unpaired) electrons. The Kier molecular flexibility index (Phi) is 8.92. The number of ether oxygens (including phenoxy) is 3. The lowest BCUT2D eigenvalue weighted by Gasteiger charge is -2.28. The Hall–Kier alpha value is -2.37. The number of hydrogen-bond acceptors (Lipinski definition) is 4. The molecule has 0 aliphatic heterocycles. The molecule has 1 N–H and O–H groups in total. The Morgan fingerprint density at radius 1 is 0.968 bits per heavy atom. The van der Waals surface area contributed by atoms with Gasteiger partial charge in [0.05, 0.1) is 20.3 Å². The molecule has 1 saturated carbocycles. The molecule has 0 heterocycles. The van der Waals surface area contributed by atoms with Crippen molar-refractivity contribution in [2.24, 2.45) is 11.8 Å². The van der Waals surface area contributed by atoms with Crippen molar-refractivity contribution in [2.45, 2.75) is 38.5 Å². The van der Waals surface area contributed by atoms with Crippen LogP contribution in [0.4, 0.5) is 0 Å². The topological polar surface area (TPSA) is 65.0 Å². The van der Waals surface area contributed by atoms with Gasteiger partial charge < -0.3 is 19.3 Å². The predicted molar refractivity (Wildman–Crippen MR) is 122 cm³/mol. The van der Waals surface area contributed by atoms with Crippen LogP contribution in [0, 0.1) is 11.8 Å². The van der Waals surface area contributed by atoms with Crippen LogP contribution < -0.4 is 4.74 Å². The second-order valence-corrected chi connectivity index (χ2v) is 8.51. The quantitative estimate of drug-likeness (QED) is 0.548. The van der Waals surface area contributed by atoms with Crippen molar-refractivity contribution < 1.29 is 24.1 Å². The van der Waals surface area contributed by atoms with Gasteiger partial charge in [-0.2, -0.15) is 0 Å². The standard InChI is InChI=1S/C26H34O5/c1-29-11-10-21-13-22(15-24(14-21)23-4-3-5-25(16-23)30-2)12-19-6-8-20(9-7-19)17-31-18-26(27)28/h3-5,13-16,19-20H,6-12,17-18H2,1-2H3,(H,27,28)/t19-,20+. The minimum Gasteiger partial charge on any atom is -0.497 e. The zero-order chi connectivity index (χ0) is 22.1. The molecular weight excluding hydrogens is 392 g/mol. The Morgan fingerprint density at radius 3 is 2.42 bits per heavy atom. The van der Waals surface area contributed by atoms with Crippen LogP contribution in [0.15, 0.2) is 42.5 Å². The molecule has 1 aliphatic carbocycles. The average Bonchev–Trinajstić information content (AvgIpc) is 2.78. The van der Waals surface area contributed by atoms with E-state index in [-0.39, 0.29) is 6.61 Å². The van der Waals surface area contributed by atoms with Gasteiger partial charge in [0, 0.05) is 7.11 Å². The number of carbonyl (C=O) groups is 1. The maximum absolute atomic E-state index is 10.6. The molecule has 168 valence electrons. The van der Waals surface area contributed by atoms with Gasteiger partial charge >= 0.3 is 5.97 Å². The molecule has 5 heteroatoms. The summed E-state index contributed by atoms with van der Waals surface area (Å²) < 4.78 is 16.0. The van der Waals surface area contributed by atoms with Gasteiger partial charge in [0.1, 0.15) is 12.4 Å². The largest absolute Gasteiger partial charge is 0.497 e. The van der Waals surface area contributed by atoms with Crippen molar-refractivity contribution in [3.05, 3.63) is 53.6 Å². The summed E-state index contributed by atoms with van der Waals surface area (Å²) in [6, 6.07) is 15.1. The first kappa shape index (κ1) is 23.3. The van der Waals surface area contributed by atoms with Gasteiger partial charge in [0.25, 0.3) is 0 Å². The molecule has 2 aromatic carbocycles. The number of carboxylic acids is 1. The summed E-state index contributed by atoms with van der Waals surface area (Å²) in [5.74, 6) is 1.11. The third-order valence-corrected chi connectivity index (χ3v) is 6.12. The Morgan fingerprint density at radius 2 is 1.71 bits per heavy atom. The van der Waals surface area contributed by atoms with E-state index >= 15 is 0 Å². The maximum Gasteiger partial charge on any atom is 0.329 e. The van der Waals surface area contributed by atoms with E-state index in [0.717, 1.165) is 44.3 Å². The first-order valence-electron chi connectivity index (χ1n) is 11.1. The minimum absolute atomic E-state index is 0.193. The summed E-state index contributed by atoms with van der Waals surface area (Å²) in [5, 5.41) is 8.72. The highest BCUT2D eigenvalue weighted by Crippen LogP contribution is 2.33. The summed E-state index contributed by atoms with van der Waals surface area (Å²) in [5.41, 5.74) is 5.06. The van der Waals surface area contributed by atoms with Gasteiger partial charge in [0.2, 0.25) is 0 Å². The fraction of sp³-hybridized carbons (Fsp3) is 0.500. The third-order valence-electron chi connectivity index (χ3n) is 6.12. The lowest BCUT2D eigenvalue weighted by atomic mass is 9.79. The highest BCUT2D eigenvalue weighted by Gasteiger charge is 2.22. The Balaban J connectivity index is 1.67. The lowest BCUT2D eigenvalue weighted by Crippen LogP contribution is -2.21. The molecule has 3 rings (SSSR count). The fourth-order valence-electron chi connectivity index (χ4n) is 4.46. The van der Waals surface area contributed by atoms with E-state index in [4.69, 9.17) is 19.3 Å². The first-order valence-corrected chi connectivity index (χ1v) is 11.1. The van der Waals surface area contributed by atoms with Gasteiger partial charge in [-0.05, 0) is 84.7 Å². The number of benzene rings is 2. The van der Waals surface area contributed by atoms with Gasteiger partial charge in [0.15, 0.2) is 0 Å². The number of hydrogen-bond donors (Lipinski definition) is 1. The predicted octanol–water partition coefficient (Wildman–Crippen LogP) is 5.00. The minimum atomic E-state index is -0.895. The van der Waals surface area contributed by atoms with E-state index < -0.39 is 5.97 Å². The Labute approximate surface area is 185 Å². The van der Waals surface area contributed by atoms with Crippen molar-refractivity contribution >= 4 is 5.97 Å². The van der Waals surface area contributed by atoms with E-state index in [2.05, 4.69) is 30.3 Å². The maximum atomic E-state index is 10.6. The molecule has 0 saturated heterocycles. The van der Waals surface area contributed by atoms with Crippen molar-refractivity contribution in [1.82, 2.24) is 0 Å². The van der Waals surface area contributed by atoms with E-state index in [0.29, 0.717) is 25.0 Å². The molecule has 0 unspecified atom stereocenters. The van der Waals surface area contributed by atoms with Gasteiger partial charge in [-0.15, -0.1) is 0 Å². The van der Waals surface area contributed by atoms with Gasteiger partial charge in [-0.3, -0.25) is 0 Å². The first-order chi connectivity index (χ1) is 15.1. The average molecular weight is 427 g/mol. The van der Waals surface area contributed by atoms with Gasteiger partial charge in [-0.1, -0.05) is 30.3 Å². The summed E-state index contributed by atoms with van der Waals surface area (Å²) in [6.45, 7) is 1.08. The molecule has 31 heavy (non-hydrogen) atoms. The van der Waals surface area contributed by atoms with Crippen LogP contribution in [-0.2, 0) is 27.1 Å². The molecule has 0 atom stereocenters. The molecule has 0 bridgehead atoms. The molecule has 1 fully saturated rings. The summed E-state index contributed by atoms with van der Waals surface area (Å²) >= 11 is 0. The highest BCUT2D eigenvalue weighted by atomic mass is 16.5. The molecule has 0 amide bonds. The fourth-order valence-corrected chi connectivity index (χ4v) is 4.46. The normalized spacial score (nSPS) is 18.6. The van der Waals surface area contributed by atoms with Crippen LogP contribution >= 0.6 is 0 Å². The number of aliphatic carboxylic acids is 1. The molecule has 5 nitrogen and oxygen atoms in total. The summed E-state index contributed by atoms with van der Waals surface area (Å²) in [7, 11) is 3.44. The smallest absolute Gasteiger partial charge is 0.329 e. The van der Waals surface area contributed by atoms with Crippen LogP contribution in [0.5, 0.6) is 5.75 Å². The van der Waals surface area contributed by atoms with Crippen molar-refractivity contribution in [2.75, 3.05) is 34.0 Å². The molecule has 1 aliphatic rings. The van der Waals surface area contributed by atoms with Gasteiger partial charge in [-0.25, -0.2) is 4.79 Å². The van der Waals surface area contributed by atoms with E-state index in [1.165, 1.54) is 22.3 Å². The lowest BCUT2D eigenvalue weighted by molar-refractivity contribution is -0.142. The van der Waals surface area contributed by atoms with Crippen molar-refractivity contribution in [1.29, 1.82) is 0 Å². The van der Waals surface area contributed by atoms with Crippen LogP contribution in [0.3, 0.4) is 0 Å². The van der Waals surface area contributed by atoms with E-state index in [1.54, 1.807) is 14.2 Å². The van der Waals surface area contributed by atoms with Crippen LogP contribution in [0.25, 0.3) is 11.1 Å². The van der Waals surface area contributed by atoms with Crippen LogP contribution in [0.2, 0.25) is 0 Å². The number of carboxylic acid groups (broad SMARTS) is 1. The SMILES string of the molecule is COCCc1cc(C[C@H]2CC[C@@H](COCC(=O)O)CC2)cc(-c2cccc(OC)c2)c1. The molecule has 2 aromatic rings. The monoisotopic (exact) mass is 426 g/mol. The van der Waals surface area contributed by atoms with E-state index in [1.807, 2.05) is 12.1 Å². The third kappa shape index (κ3) is 7.37. The molecule has 0 aromatic heterocycles. The zero-order valence-corrected chi connectivity index (χ0v) is 18.6. The second-order valence-electron chi connectivity index (χ2n) is 8.51. The van der Waals surface area contributed by atoms with Crippen molar-refractivity contribution in [3.63, 3.8) is 0 Å². The van der Waals surface area contributed by atoms with Crippen LogP contribution in [0.1, 0.15) is 36.8 Å². The summed E-state index contributed by atoms with van der Waals surface area (Å²) in [4.78, 5) is 10.6. The van der Waals surface area contributed by atoms with E-state index in [9.17, 15) is 4.79 Å².